The highest BCUT2D eigenvalue weighted by Gasteiger charge is 2.42. The summed E-state index contributed by atoms with van der Waals surface area (Å²) in [6, 6.07) is 12.7. The summed E-state index contributed by atoms with van der Waals surface area (Å²) in [4.78, 5) is 34.2. The molecule has 0 bridgehead atoms. The van der Waals surface area contributed by atoms with E-state index in [1.165, 1.54) is 7.11 Å². The largest absolute Gasteiger partial charge is 0.490 e. The second-order valence-corrected chi connectivity index (χ2v) is 8.57. The normalized spacial score (nSPS) is 20.9. The fraction of sp³-hybridized carbons (Fsp3) is 0.480. The molecule has 2 aliphatic rings. The summed E-state index contributed by atoms with van der Waals surface area (Å²) in [7, 11) is 1.52. The molecule has 0 aliphatic carbocycles. The van der Waals surface area contributed by atoms with Crippen molar-refractivity contribution in [2.24, 2.45) is 0 Å². The van der Waals surface area contributed by atoms with Crippen molar-refractivity contribution in [2.75, 3.05) is 46.5 Å². The molecule has 2 amide bonds. The van der Waals surface area contributed by atoms with E-state index in [0.29, 0.717) is 30.3 Å². The van der Waals surface area contributed by atoms with Crippen LogP contribution < -0.4 is 9.47 Å². The van der Waals surface area contributed by atoms with E-state index in [4.69, 9.17) is 14.2 Å². The van der Waals surface area contributed by atoms with E-state index >= 15 is 0 Å². The number of methoxy groups -OCH3 is 1. The number of para-hydroxylation sites is 1. The summed E-state index contributed by atoms with van der Waals surface area (Å²) in [6.45, 7) is 2.76. The maximum Gasteiger partial charge on any atom is 0.254 e. The SMILES string of the molecule is COc1cc(C(=O)N2CCO[C@](COc3ccccc3)(CC(=O)N3CCCCC3)C2)ccn1. The van der Waals surface area contributed by atoms with Crippen LogP contribution in [0.3, 0.4) is 0 Å². The number of pyridine rings is 1. The van der Waals surface area contributed by atoms with Gasteiger partial charge in [0, 0.05) is 37.5 Å². The number of aromatic nitrogens is 1. The van der Waals surface area contributed by atoms with Gasteiger partial charge < -0.3 is 24.0 Å². The van der Waals surface area contributed by atoms with Gasteiger partial charge in [0.15, 0.2) is 0 Å². The number of amides is 2. The Morgan fingerprint density at radius 3 is 2.61 bits per heavy atom. The minimum absolute atomic E-state index is 0.0474. The van der Waals surface area contributed by atoms with Crippen LogP contribution in [-0.2, 0) is 9.53 Å². The van der Waals surface area contributed by atoms with E-state index in [9.17, 15) is 9.59 Å². The van der Waals surface area contributed by atoms with Gasteiger partial charge in [-0.1, -0.05) is 18.2 Å². The third-order valence-corrected chi connectivity index (χ3v) is 6.15. The first kappa shape index (κ1) is 23.0. The van der Waals surface area contributed by atoms with Crippen LogP contribution >= 0.6 is 0 Å². The molecule has 8 nitrogen and oxygen atoms in total. The van der Waals surface area contributed by atoms with E-state index in [-0.39, 0.29) is 31.4 Å². The van der Waals surface area contributed by atoms with Crippen molar-refractivity contribution < 1.29 is 23.8 Å². The quantitative estimate of drug-likeness (QED) is 0.641. The van der Waals surface area contributed by atoms with Crippen LogP contribution in [0.15, 0.2) is 48.7 Å². The van der Waals surface area contributed by atoms with Crippen LogP contribution in [0.25, 0.3) is 0 Å². The lowest BCUT2D eigenvalue weighted by Crippen LogP contribution is -2.58. The van der Waals surface area contributed by atoms with Gasteiger partial charge in [-0.05, 0) is 37.5 Å². The number of benzene rings is 1. The molecule has 2 aromatic rings. The molecule has 176 valence electrons. The predicted octanol–water partition coefficient (Wildman–Crippen LogP) is 2.78. The van der Waals surface area contributed by atoms with Crippen molar-refractivity contribution in [3.05, 3.63) is 54.2 Å². The zero-order valence-electron chi connectivity index (χ0n) is 19.1. The van der Waals surface area contributed by atoms with Crippen molar-refractivity contribution in [1.82, 2.24) is 14.8 Å². The Morgan fingerprint density at radius 2 is 1.85 bits per heavy atom. The fourth-order valence-electron chi connectivity index (χ4n) is 4.36. The second kappa shape index (κ2) is 10.7. The van der Waals surface area contributed by atoms with Crippen molar-refractivity contribution in [1.29, 1.82) is 0 Å². The summed E-state index contributed by atoms with van der Waals surface area (Å²) < 4.78 is 17.4. The van der Waals surface area contributed by atoms with Crippen LogP contribution in [0.2, 0.25) is 0 Å². The van der Waals surface area contributed by atoms with Gasteiger partial charge in [0.2, 0.25) is 11.8 Å². The maximum atomic E-state index is 13.3. The average Bonchev–Trinajstić information content (AvgIpc) is 2.88. The van der Waals surface area contributed by atoms with E-state index in [1.54, 1.807) is 23.2 Å². The van der Waals surface area contributed by atoms with Crippen LogP contribution in [0, 0.1) is 0 Å². The van der Waals surface area contributed by atoms with Crippen LogP contribution in [0.4, 0.5) is 0 Å². The van der Waals surface area contributed by atoms with E-state index in [1.807, 2.05) is 35.2 Å². The van der Waals surface area contributed by atoms with Crippen LogP contribution in [0.1, 0.15) is 36.0 Å². The third kappa shape index (κ3) is 5.82. The Bertz CT molecular complexity index is 948. The molecular weight excluding hydrogens is 422 g/mol. The number of hydrogen-bond acceptors (Lipinski definition) is 6. The molecule has 0 radical (unpaired) electrons. The Labute approximate surface area is 194 Å². The second-order valence-electron chi connectivity index (χ2n) is 8.57. The highest BCUT2D eigenvalue weighted by atomic mass is 16.5. The molecule has 4 rings (SSSR count). The molecule has 0 unspecified atom stereocenters. The molecule has 2 aliphatic heterocycles. The van der Waals surface area contributed by atoms with Gasteiger partial charge in [-0.15, -0.1) is 0 Å². The summed E-state index contributed by atoms with van der Waals surface area (Å²) in [5.74, 6) is 0.987. The number of likely N-dealkylation sites (tertiary alicyclic amines) is 1. The zero-order chi connectivity index (χ0) is 23.1. The monoisotopic (exact) mass is 453 g/mol. The molecule has 0 spiro atoms. The number of nitrogens with zero attached hydrogens (tertiary/aromatic N) is 3. The maximum absolute atomic E-state index is 13.3. The van der Waals surface area contributed by atoms with Gasteiger partial charge in [0.25, 0.3) is 5.91 Å². The average molecular weight is 454 g/mol. The Balaban J connectivity index is 1.53. The number of rotatable bonds is 7. The highest BCUT2D eigenvalue weighted by Crippen LogP contribution is 2.27. The number of hydrogen-bond donors (Lipinski definition) is 0. The fourth-order valence-corrected chi connectivity index (χ4v) is 4.36. The van der Waals surface area contributed by atoms with Crippen molar-refractivity contribution in [2.45, 2.75) is 31.3 Å². The highest BCUT2D eigenvalue weighted by molar-refractivity contribution is 5.94. The van der Waals surface area contributed by atoms with Gasteiger partial charge in [0.1, 0.15) is 18.0 Å². The molecular formula is C25H31N3O5. The van der Waals surface area contributed by atoms with Crippen LogP contribution in [0.5, 0.6) is 11.6 Å². The van der Waals surface area contributed by atoms with E-state index < -0.39 is 5.60 Å². The Hall–Kier alpha value is -3.13. The van der Waals surface area contributed by atoms with Gasteiger partial charge >= 0.3 is 0 Å². The molecule has 1 atom stereocenters. The lowest BCUT2D eigenvalue weighted by Gasteiger charge is -2.43. The van der Waals surface area contributed by atoms with Gasteiger partial charge in [-0.25, -0.2) is 4.98 Å². The molecule has 2 saturated heterocycles. The first-order valence-electron chi connectivity index (χ1n) is 11.5. The number of carbonyl (C=O) groups excluding carboxylic acids is 2. The van der Waals surface area contributed by atoms with Gasteiger partial charge in [0.05, 0.1) is 26.7 Å². The molecule has 33 heavy (non-hydrogen) atoms. The standard InChI is InChI=1S/C25H31N3O5/c1-31-22-16-20(10-11-26-22)24(30)28-14-15-33-25(18-28,19-32-21-8-4-2-5-9-21)17-23(29)27-12-6-3-7-13-27/h2,4-5,8-11,16H,3,6-7,12-15,17-19H2,1H3/t25-/m1/s1. The number of carbonyl (C=O) groups is 2. The summed E-state index contributed by atoms with van der Waals surface area (Å²) >= 11 is 0. The van der Waals surface area contributed by atoms with Crippen molar-refractivity contribution in [3.8, 4) is 11.6 Å². The summed E-state index contributed by atoms with van der Waals surface area (Å²) in [6.07, 6.45) is 4.92. The predicted molar refractivity (Wildman–Crippen MR) is 122 cm³/mol. The zero-order valence-corrected chi connectivity index (χ0v) is 19.1. The molecule has 1 aromatic carbocycles. The van der Waals surface area contributed by atoms with E-state index in [0.717, 1.165) is 32.4 Å². The molecule has 2 fully saturated rings. The summed E-state index contributed by atoms with van der Waals surface area (Å²) in [5, 5.41) is 0. The molecule has 8 heteroatoms. The van der Waals surface area contributed by atoms with Crippen molar-refractivity contribution in [3.63, 3.8) is 0 Å². The first-order chi connectivity index (χ1) is 16.1. The van der Waals surface area contributed by atoms with E-state index in [2.05, 4.69) is 4.98 Å². The molecule has 0 N–H and O–H groups in total. The number of piperidine rings is 1. The Kier molecular flexibility index (Phi) is 7.44. The third-order valence-electron chi connectivity index (χ3n) is 6.15. The Morgan fingerprint density at radius 1 is 1.06 bits per heavy atom. The number of morpholine rings is 1. The molecule has 0 saturated carbocycles. The molecule has 1 aromatic heterocycles. The van der Waals surface area contributed by atoms with Gasteiger partial charge in [-0.3, -0.25) is 9.59 Å². The first-order valence-corrected chi connectivity index (χ1v) is 11.5. The smallest absolute Gasteiger partial charge is 0.254 e. The lowest BCUT2D eigenvalue weighted by molar-refractivity contribution is -0.153. The number of ether oxygens (including phenoxy) is 3. The van der Waals surface area contributed by atoms with Crippen LogP contribution in [-0.4, -0.2) is 78.7 Å². The minimum Gasteiger partial charge on any atom is -0.490 e. The van der Waals surface area contributed by atoms with Gasteiger partial charge in [-0.2, -0.15) is 0 Å². The van der Waals surface area contributed by atoms with Crippen molar-refractivity contribution >= 4 is 11.8 Å². The summed E-state index contributed by atoms with van der Waals surface area (Å²) in [5.41, 5.74) is -0.431. The molecule has 3 heterocycles. The topological polar surface area (TPSA) is 81.2 Å². The lowest BCUT2D eigenvalue weighted by atomic mass is 9.95. The minimum atomic E-state index is -0.921.